The van der Waals surface area contributed by atoms with Gasteiger partial charge >= 0.3 is 5.69 Å². The van der Waals surface area contributed by atoms with Gasteiger partial charge in [0.1, 0.15) is 11.5 Å². The van der Waals surface area contributed by atoms with Crippen LogP contribution >= 0.6 is 0 Å². The first-order chi connectivity index (χ1) is 15.0. The van der Waals surface area contributed by atoms with Crippen LogP contribution in [0.4, 0.5) is 11.5 Å². The lowest BCUT2D eigenvalue weighted by molar-refractivity contribution is 0.196. The summed E-state index contributed by atoms with van der Waals surface area (Å²) in [5.41, 5.74) is 7.90. The lowest BCUT2D eigenvalue weighted by Crippen LogP contribution is -2.39. The minimum atomic E-state index is -0.551. The van der Waals surface area contributed by atoms with Crippen LogP contribution in [-0.2, 0) is 17.8 Å². The van der Waals surface area contributed by atoms with Crippen molar-refractivity contribution in [2.24, 2.45) is 0 Å². The molecule has 0 bridgehead atoms. The molecule has 0 saturated carbocycles. The zero-order chi connectivity index (χ0) is 22.2. The first-order valence-electron chi connectivity index (χ1n) is 9.93. The lowest BCUT2D eigenvalue weighted by atomic mass is 10.1. The van der Waals surface area contributed by atoms with Crippen molar-refractivity contribution < 1.29 is 4.74 Å². The van der Waals surface area contributed by atoms with Crippen LogP contribution in [0, 0.1) is 11.3 Å². The lowest BCUT2D eigenvalue weighted by Gasteiger charge is -2.26. The molecule has 0 fully saturated rings. The van der Waals surface area contributed by atoms with E-state index in [-0.39, 0.29) is 18.1 Å². The Morgan fingerprint density at radius 3 is 2.45 bits per heavy atom. The van der Waals surface area contributed by atoms with Crippen molar-refractivity contribution in [2.45, 2.75) is 19.5 Å². The first-order valence-corrected chi connectivity index (χ1v) is 9.93. The van der Waals surface area contributed by atoms with Crippen LogP contribution in [0.25, 0.3) is 0 Å². The number of aromatic amines is 1. The molecular formula is C23H25N5O3. The number of anilines is 2. The van der Waals surface area contributed by atoms with Gasteiger partial charge in [0.2, 0.25) is 0 Å². The zero-order valence-electron chi connectivity index (χ0n) is 17.4. The summed E-state index contributed by atoms with van der Waals surface area (Å²) >= 11 is 0. The highest BCUT2D eigenvalue weighted by Gasteiger charge is 2.19. The molecule has 8 heteroatoms. The number of ether oxygens (including phenoxy) is 1. The molecule has 0 amide bonds. The van der Waals surface area contributed by atoms with Crippen LogP contribution in [0.3, 0.4) is 0 Å². The van der Waals surface area contributed by atoms with Gasteiger partial charge in [0, 0.05) is 26.8 Å². The molecule has 31 heavy (non-hydrogen) atoms. The van der Waals surface area contributed by atoms with Gasteiger partial charge < -0.3 is 15.4 Å². The Morgan fingerprint density at radius 2 is 1.81 bits per heavy atom. The molecule has 160 valence electrons. The average Bonchev–Trinajstić information content (AvgIpc) is 2.77. The van der Waals surface area contributed by atoms with Gasteiger partial charge in [-0.3, -0.25) is 14.3 Å². The second kappa shape index (κ2) is 10.3. The fraction of sp³-hybridized carbons (Fsp3) is 0.261. The molecule has 0 unspecified atom stereocenters. The Balaban J connectivity index is 2.00. The zero-order valence-corrected chi connectivity index (χ0v) is 17.4. The second-order valence-corrected chi connectivity index (χ2v) is 7.14. The highest BCUT2D eigenvalue weighted by molar-refractivity contribution is 5.62. The predicted molar refractivity (Wildman–Crippen MR) is 120 cm³/mol. The minimum absolute atomic E-state index is 0.115. The molecule has 8 nitrogen and oxygen atoms in total. The summed E-state index contributed by atoms with van der Waals surface area (Å²) in [7, 11) is 1.62. The Labute approximate surface area is 180 Å². The number of nitrogen functional groups attached to an aromatic ring is 1. The molecule has 0 aliphatic rings. The van der Waals surface area contributed by atoms with E-state index in [0.717, 1.165) is 11.1 Å². The summed E-state index contributed by atoms with van der Waals surface area (Å²) in [5, 5.41) is 9.01. The number of nitrogens with zero attached hydrogens (tertiary/aromatic N) is 3. The number of nitrogens with one attached hydrogen (secondary N) is 1. The molecule has 0 aliphatic heterocycles. The number of nitrogens with two attached hydrogens (primary N) is 1. The van der Waals surface area contributed by atoms with Gasteiger partial charge in [0.05, 0.1) is 18.2 Å². The molecular weight excluding hydrogens is 394 g/mol. The van der Waals surface area contributed by atoms with E-state index in [2.05, 4.69) is 11.1 Å². The van der Waals surface area contributed by atoms with Gasteiger partial charge in [-0.15, -0.1) is 0 Å². The van der Waals surface area contributed by atoms with E-state index < -0.39 is 11.2 Å². The molecule has 1 aromatic heterocycles. The van der Waals surface area contributed by atoms with Crippen LogP contribution in [0.2, 0.25) is 0 Å². The Bertz CT molecular complexity index is 1160. The molecule has 2 aromatic carbocycles. The first kappa shape index (κ1) is 21.9. The largest absolute Gasteiger partial charge is 0.385 e. The molecule has 1 heterocycles. The van der Waals surface area contributed by atoms with E-state index in [1.165, 1.54) is 4.57 Å². The Hall–Kier alpha value is -3.83. The SMILES string of the molecule is COCCCN(Cc1ccc(C#N)cc1)c1c(N)n(Cc2ccccc2)c(=O)[nH]c1=O. The summed E-state index contributed by atoms with van der Waals surface area (Å²) in [5.74, 6) is 0.115. The quantitative estimate of drug-likeness (QED) is 0.513. The standard InChI is InChI=1S/C23H25N5O3/c1-31-13-5-12-27(15-19-10-8-17(14-24)9-11-19)20-21(25)28(23(30)26-22(20)29)16-18-6-3-2-4-7-18/h2-4,6-11H,5,12-13,15-16,25H2,1H3,(H,26,29,30). The molecule has 0 spiro atoms. The van der Waals surface area contributed by atoms with E-state index in [1.54, 1.807) is 19.2 Å². The maximum absolute atomic E-state index is 12.8. The van der Waals surface area contributed by atoms with Gasteiger partial charge in [-0.05, 0) is 29.7 Å². The average molecular weight is 419 g/mol. The van der Waals surface area contributed by atoms with Gasteiger partial charge in [-0.25, -0.2) is 4.79 Å². The van der Waals surface area contributed by atoms with Crippen molar-refractivity contribution in [2.75, 3.05) is 30.9 Å². The van der Waals surface area contributed by atoms with Crippen molar-refractivity contribution in [1.29, 1.82) is 5.26 Å². The monoisotopic (exact) mass is 419 g/mol. The number of rotatable bonds is 9. The Kier molecular flexibility index (Phi) is 7.25. The smallest absolute Gasteiger partial charge is 0.330 e. The fourth-order valence-corrected chi connectivity index (χ4v) is 3.38. The van der Waals surface area contributed by atoms with Crippen LogP contribution in [0.15, 0.2) is 64.2 Å². The highest BCUT2D eigenvalue weighted by atomic mass is 16.5. The van der Waals surface area contributed by atoms with Crippen LogP contribution in [0.1, 0.15) is 23.1 Å². The molecule has 3 aromatic rings. The molecule has 3 N–H and O–H groups in total. The number of hydrogen-bond donors (Lipinski definition) is 2. The van der Waals surface area contributed by atoms with Crippen LogP contribution in [-0.4, -0.2) is 29.8 Å². The minimum Gasteiger partial charge on any atom is -0.385 e. The van der Waals surface area contributed by atoms with E-state index in [0.29, 0.717) is 31.7 Å². The second-order valence-electron chi connectivity index (χ2n) is 7.14. The van der Waals surface area contributed by atoms with Gasteiger partial charge in [-0.2, -0.15) is 5.26 Å². The number of methoxy groups -OCH3 is 1. The normalized spacial score (nSPS) is 10.6. The number of nitriles is 1. The third-order valence-corrected chi connectivity index (χ3v) is 4.95. The van der Waals surface area contributed by atoms with Crippen molar-refractivity contribution in [3.63, 3.8) is 0 Å². The van der Waals surface area contributed by atoms with E-state index in [4.69, 9.17) is 15.7 Å². The molecule has 3 rings (SSSR count). The third-order valence-electron chi connectivity index (χ3n) is 4.95. The highest BCUT2D eigenvalue weighted by Crippen LogP contribution is 2.21. The van der Waals surface area contributed by atoms with E-state index >= 15 is 0 Å². The fourth-order valence-electron chi connectivity index (χ4n) is 3.38. The maximum Gasteiger partial charge on any atom is 0.330 e. The van der Waals surface area contributed by atoms with Crippen molar-refractivity contribution in [3.05, 3.63) is 92.1 Å². The summed E-state index contributed by atoms with van der Waals surface area (Å²) in [6, 6.07) is 18.7. The van der Waals surface area contributed by atoms with Gasteiger partial charge in [0.25, 0.3) is 5.56 Å². The Morgan fingerprint density at radius 1 is 1.10 bits per heavy atom. The van der Waals surface area contributed by atoms with Gasteiger partial charge in [0.15, 0.2) is 0 Å². The number of aromatic nitrogens is 2. The predicted octanol–water partition coefficient (Wildman–Crippen LogP) is 2.08. The number of H-pyrrole nitrogens is 1. The number of hydrogen-bond acceptors (Lipinski definition) is 6. The number of benzene rings is 2. The van der Waals surface area contributed by atoms with Gasteiger partial charge in [-0.1, -0.05) is 42.5 Å². The summed E-state index contributed by atoms with van der Waals surface area (Å²) in [6.45, 7) is 1.67. The summed E-state index contributed by atoms with van der Waals surface area (Å²) in [4.78, 5) is 29.5. The van der Waals surface area contributed by atoms with Crippen LogP contribution < -0.4 is 21.9 Å². The maximum atomic E-state index is 12.8. The van der Waals surface area contributed by atoms with E-state index in [9.17, 15) is 9.59 Å². The topological polar surface area (TPSA) is 117 Å². The van der Waals surface area contributed by atoms with Crippen LogP contribution in [0.5, 0.6) is 0 Å². The van der Waals surface area contributed by atoms with Crippen molar-refractivity contribution in [3.8, 4) is 6.07 Å². The summed E-state index contributed by atoms with van der Waals surface area (Å²) < 4.78 is 6.53. The molecule has 0 atom stereocenters. The van der Waals surface area contributed by atoms with E-state index in [1.807, 2.05) is 47.4 Å². The van der Waals surface area contributed by atoms with Crippen molar-refractivity contribution >= 4 is 11.5 Å². The molecule has 0 aliphatic carbocycles. The summed E-state index contributed by atoms with van der Waals surface area (Å²) in [6.07, 6.45) is 0.670. The molecule has 0 saturated heterocycles. The third kappa shape index (κ3) is 5.41. The van der Waals surface area contributed by atoms with Crippen molar-refractivity contribution in [1.82, 2.24) is 9.55 Å². The molecule has 0 radical (unpaired) electrons.